The van der Waals surface area contributed by atoms with Crippen molar-refractivity contribution in [1.82, 2.24) is 10.3 Å². The molecule has 1 aromatic carbocycles. The summed E-state index contributed by atoms with van der Waals surface area (Å²) in [6, 6.07) is 7.68. The average Bonchev–Trinajstić information content (AvgIpc) is 2.86. The molecule has 2 rings (SSSR count). The highest BCUT2D eigenvalue weighted by Crippen LogP contribution is 2.17. The van der Waals surface area contributed by atoms with Gasteiger partial charge in [0.15, 0.2) is 0 Å². The highest BCUT2D eigenvalue weighted by Gasteiger charge is 2.10. The van der Waals surface area contributed by atoms with E-state index in [0.29, 0.717) is 5.25 Å². The summed E-state index contributed by atoms with van der Waals surface area (Å²) >= 11 is 1.82. The van der Waals surface area contributed by atoms with Crippen LogP contribution in [0.3, 0.4) is 0 Å². The molecule has 4 heteroatoms. The number of hydrogen-bond acceptors (Lipinski definition) is 2. The number of H-pyrrole nitrogens is 1. The van der Waals surface area contributed by atoms with Crippen molar-refractivity contribution < 1.29 is 4.79 Å². The number of carbonyl (C=O) groups is 1. The first-order chi connectivity index (χ1) is 8.72. The average molecular weight is 262 g/mol. The molecule has 1 unspecified atom stereocenters. The van der Waals surface area contributed by atoms with Gasteiger partial charge in [-0.15, -0.1) is 0 Å². The molecule has 0 aliphatic carbocycles. The normalized spacial score (nSPS) is 12.6. The van der Waals surface area contributed by atoms with Gasteiger partial charge in [-0.2, -0.15) is 11.8 Å². The molecule has 1 amide bonds. The molecule has 2 aromatic rings. The molecule has 0 saturated heterocycles. The molecule has 0 saturated carbocycles. The Balaban J connectivity index is 2.03. The lowest BCUT2D eigenvalue weighted by Gasteiger charge is -2.09. The van der Waals surface area contributed by atoms with Gasteiger partial charge in [-0.3, -0.25) is 4.79 Å². The van der Waals surface area contributed by atoms with E-state index in [1.165, 1.54) is 0 Å². The SMILES string of the molecule is CSC(C)CCNC(=O)c1cccc2[nH]ccc12. The minimum atomic E-state index is 0.00787. The summed E-state index contributed by atoms with van der Waals surface area (Å²) in [4.78, 5) is 15.2. The lowest BCUT2D eigenvalue weighted by Crippen LogP contribution is -2.26. The fourth-order valence-electron chi connectivity index (χ4n) is 1.89. The number of nitrogens with one attached hydrogen (secondary N) is 2. The van der Waals surface area contributed by atoms with E-state index in [-0.39, 0.29) is 5.91 Å². The molecule has 96 valence electrons. The largest absolute Gasteiger partial charge is 0.361 e. The monoisotopic (exact) mass is 262 g/mol. The first kappa shape index (κ1) is 13.0. The predicted molar refractivity (Wildman–Crippen MR) is 78.2 cm³/mol. The minimum Gasteiger partial charge on any atom is -0.361 e. The molecule has 0 aliphatic rings. The molecule has 3 nitrogen and oxygen atoms in total. The van der Waals surface area contributed by atoms with Gasteiger partial charge in [-0.05, 0) is 30.9 Å². The van der Waals surface area contributed by atoms with Gasteiger partial charge in [0.1, 0.15) is 0 Å². The molecule has 1 heterocycles. The van der Waals surface area contributed by atoms with Gasteiger partial charge < -0.3 is 10.3 Å². The molecular formula is C14H18N2OS. The van der Waals surface area contributed by atoms with E-state index in [9.17, 15) is 4.79 Å². The third-order valence-corrected chi connectivity index (χ3v) is 4.12. The second kappa shape index (κ2) is 5.96. The van der Waals surface area contributed by atoms with Gasteiger partial charge >= 0.3 is 0 Å². The minimum absolute atomic E-state index is 0.00787. The molecule has 18 heavy (non-hydrogen) atoms. The maximum absolute atomic E-state index is 12.1. The first-order valence-corrected chi connectivity index (χ1v) is 7.38. The Kier molecular flexibility index (Phi) is 4.31. The molecule has 2 N–H and O–H groups in total. The molecule has 0 aliphatic heterocycles. The summed E-state index contributed by atoms with van der Waals surface area (Å²) < 4.78 is 0. The Labute approximate surface area is 111 Å². The van der Waals surface area contributed by atoms with Crippen molar-refractivity contribution >= 4 is 28.6 Å². The summed E-state index contributed by atoms with van der Waals surface area (Å²) in [5, 5.41) is 4.54. The van der Waals surface area contributed by atoms with Gasteiger partial charge in [0.05, 0.1) is 0 Å². The van der Waals surface area contributed by atoms with E-state index in [1.54, 1.807) is 0 Å². The fraction of sp³-hybridized carbons (Fsp3) is 0.357. The molecule has 1 aromatic heterocycles. The number of benzene rings is 1. The van der Waals surface area contributed by atoms with E-state index >= 15 is 0 Å². The summed E-state index contributed by atoms with van der Waals surface area (Å²) in [6.07, 6.45) is 4.94. The third kappa shape index (κ3) is 2.88. The standard InChI is InChI=1S/C14H18N2OS/c1-10(18-2)6-8-16-14(17)12-4-3-5-13-11(12)7-9-15-13/h3-5,7,9-10,15H,6,8H2,1-2H3,(H,16,17). The molecule has 1 atom stereocenters. The third-order valence-electron chi connectivity index (χ3n) is 3.08. The Morgan fingerprint density at radius 3 is 3.06 bits per heavy atom. The maximum atomic E-state index is 12.1. The van der Waals surface area contributed by atoms with E-state index in [4.69, 9.17) is 0 Å². The zero-order valence-corrected chi connectivity index (χ0v) is 11.5. The van der Waals surface area contributed by atoms with Crippen LogP contribution in [0.15, 0.2) is 30.5 Å². The topological polar surface area (TPSA) is 44.9 Å². The van der Waals surface area contributed by atoms with Crippen molar-refractivity contribution in [3.05, 3.63) is 36.0 Å². The van der Waals surface area contributed by atoms with Crippen molar-refractivity contribution in [3.8, 4) is 0 Å². The van der Waals surface area contributed by atoms with Crippen LogP contribution in [0.25, 0.3) is 10.9 Å². The predicted octanol–water partition coefficient (Wildman–Crippen LogP) is 3.04. The van der Waals surface area contributed by atoms with Crippen LogP contribution in [-0.2, 0) is 0 Å². The van der Waals surface area contributed by atoms with Gasteiger partial charge in [0.2, 0.25) is 0 Å². The van der Waals surface area contributed by atoms with Gasteiger partial charge in [-0.1, -0.05) is 13.0 Å². The number of aromatic nitrogens is 1. The molecule has 0 spiro atoms. The Hall–Kier alpha value is -1.42. The quantitative estimate of drug-likeness (QED) is 0.870. The first-order valence-electron chi connectivity index (χ1n) is 6.09. The highest BCUT2D eigenvalue weighted by atomic mass is 32.2. The number of thioether (sulfide) groups is 1. The van der Waals surface area contributed by atoms with Crippen LogP contribution in [0.1, 0.15) is 23.7 Å². The van der Waals surface area contributed by atoms with Gasteiger partial charge in [0, 0.05) is 34.5 Å². The Morgan fingerprint density at radius 2 is 2.28 bits per heavy atom. The number of aromatic amines is 1. The van der Waals surface area contributed by atoms with Crippen LogP contribution in [0, 0.1) is 0 Å². The van der Waals surface area contributed by atoms with Crippen molar-refractivity contribution in [3.63, 3.8) is 0 Å². The summed E-state index contributed by atoms with van der Waals surface area (Å²) in [5.41, 5.74) is 1.74. The van der Waals surface area contributed by atoms with Crippen LogP contribution >= 0.6 is 11.8 Å². The second-order valence-corrected chi connectivity index (χ2v) is 5.61. The van der Waals surface area contributed by atoms with Crippen LogP contribution in [0.4, 0.5) is 0 Å². The van der Waals surface area contributed by atoms with E-state index in [2.05, 4.69) is 23.5 Å². The van der Waals surface area contributed by atoms with Crippen molar-refractivity contribution in [1.29, 1.82) is 0 Å². The van der Waals surface area contributed by atoms with Crippen molar-refractivity contribution in [2.45, 2.75) is 18.6 Å². The smallest absolute Gasteiger partial charge is 0.251 e. The number of carbonyl (C=O) groups excluding carboxylic acids is 1. The lowest BCUT2D eigenvalue weighted by atomic mass is 10.1. The number of fused-ring (bicyclic) bond motifs is 1. The fourth-order valence-corrected chi connectivity index (χ4v) is 2.24. The number of hydrogen-bond donors (Lipinski definition) is 2. The molecule has 0 radical (unpaired) electrons. The number of amides is 1. The summed E-state index contributed by atoms with van der Waals surface area (Å²) in [7, 11) is 0. The van der Waals surface area contributed by atoms with E-state index in [0.717, 1.165) is 29.4 Å². The van der Waals surface area contributed by atoms with Crippen molar-refractivity contribution in [2.24, 2.45) is 0 Å². The van der Waals surface area contributed by atoms with Crippen molar-refractivity contribution in [2.75, 3.05) is 12.8 Å². The van der Waals surface area contributed by atoms with Crippen LogP contribution in [0.2, 0.25) is 0 Å². The summed E-state index contributed by atoms with van der Waals surface area (Å²) in [6.45, 7) is 2.89. The Morgan fingerprint density at radius 1 is 1.44 bits per heavy atom. The molecule has 0 bridgehead atoms. The Bertz CT molecular complexity index is 535. The van der Waals surface area contributed by atoms with E-state index < -0.39 is 0 Å². The summed E-state index contributed by atoms with van der Waals surface area (Å²) in [5.74, 6) is 0.00787. The van der Waals surface area contributed by atoms with E-state index in [1.807, 2.05) is 42.2 Å². The molecule has 0 fully saturated rings. The second-order valence-electron chi connectivity index (χ2n) is 4.34. The lowest BCUT2D eigenvalue weighted by molar-refractivity contribution is 0.0955. The highest BCUT2D eigenvalue weighted by molar-refractivity contribution is 7.99. The van der Waals surface area contributed by atoms with Crippen LogP contribution < -0.4 is 5.32 Å². The van der Waals surface area contributed by atoms with Crippen LogP contribution in [-0.4, -0.2) is 28.9 Å². The van der Waals surface area contributed by atoms with Gasteiger partial charge in [-0.25, -0.2) is 0 Å². The van der Waals surface area contributed by atoms with Crippen LogP contribution in [0.5, 0.6) is 0 Å². The zero-order chi connectivity index (χ0) is 13.0. The zero-order valence-electron chi connectivity index (χ0n) is 10.7. The molecular weight excluding hydrogens is 244 g/mol. The maximum Gasteiger partial charge on any atom is 0.251 e. The van der Waals surface area contributed by atoms with Gasteiger partial charge in [0.25, 0.3) is 5.91 Å². The number of rotatable bonds is 5.